The van der Waals surface area contributed by atoms with E-state index >= 15 is 0 Å². The van der Waals surface area contributed by atoms with Crippen molar-refractivity contribution in [2.75, 3.05) is 29.7 Å². The van der Waals surface area contributed by atoms with Crippen molar-refractivity contribution in [3.8, 4) is 11.5 Å². The second-order valence-corrected chi connectivity index (χ2v) is 9.70. The van der Waals surface area contributed by atoms with E-state index in [1.165, 1.54) is 0 Å². The Morgan fingerprint density at radius 3 is 2.64 bits per heavy atom. The maximum Gasteiger partial charge on any atom is 0.282 e. The Balaban J connectivity index is 1.45. The summed E-state index contributed by atoms with van der Waals surface area (Å²) in [7, 11) is -3.19. The molecule has 0 bridgehead atoms. The van der Waals surface area contributed by atoms with Gasteiger partial charge in [-0.1, -0.05) is 18.2 Å². The zero-order valence-electron chi connectivity index (χ0n) is 15.2. The summed E-state index contributed by atoms with van der Waals surface area (Å²) in [6.07, 6.45) is 0. The predicted octanol–water partition coefficient (Wildman–Crippen LogP) is 0.0126. The number of hydrogen-bond donors (Lipinski definition) is 1. The quantitative estimate of drug-likeness (QED) is 0.784. The third-order valence-corrected chi connectivity index (χ3v) is 7.44. The molecule has 7 nitrogen and oxygen atoms in total. The lowest BCUT2D eigenvalue weighted by Gasteiger charge is -2.40. The van der Waals surface area contributed by atoms with Gasteiger partial charge < -0.3 is 14.4 Å². The van der Waals surface area contributed by atoms with E-state index in [-0.39, 0.29) is 42.8 Å². The van der Waals surface area contributed by atoms with Crippen molar-refractivity contribution >= 4 is 21.4 Å². The summed E-state index contributed by atoms with van der Waals surface area (Å²) in [5.74, 6) is 1.49. The summed E-state index contributed by atoms with van der Waals surface area (Å²) < 4.78 is 35.7. The fraction of sp³-hybridized carbons (Fsp3) is 0.350. The Morgan fingerprint density at radius 1 is 1.04 bits per heavy atom. The van der Waals surface area contributed by atoms with Crippen LogP contribution in [0, 0.1) is 0 Å². The van der Waals surface area contributed by atoms with Gasteiger partial charge in [-0.25, -0.2) is 8.42 Å². The molecule has 28 heavy (non-hydrogen) atoms. The van der Waals surface area contributed by atoms with Gasteiger partial charge >= 0.3 is 0 Å². The van der Waals surface area contributed by atoms with E-state index in [4.69, 9.17) is 9.47 Å². The first kappa shape index (κ1) is 17.5. The molecule has 3 aliphatic rings. The number of carbonyl (C=O) groups is 1. The van der Waals surface area contributed by atoms with Crippen molar-refractivity contribution in [3.05, 3.63) is 54.1 Å². The molecule has 1 N–H and O–H groups in total. The SMILES string of the molecule is O=C1C[NH+](Cc2ccc3c(c2)OCO3)[C@@H]2CS(=O)(=O)C[C@@H]2N1c1ccccc1. The fourth-order valence-electron chi connectivity index (χ4n) is 4.50. The molecule has 3 aliphatic heterocycles. The number of hydrogen-bond acceptors (Lipinski definition) is 5. The van der Waals surface area contributed by atoms with E-state index in [0.29, 0.717) is 18.0 Å². The van der Waals surface area contributed by atoms with Crippen LogP contribution < -0.4 is 19.3 Å². The third kappa shape index (κ3) is 3.02. The summed E-state index contributed by atoms with van der Waals surface area (Å²) >= 11 is 0. The van der Waals surface area contributed by atoms with Crippen LogP contribution in [0.4, 0.5) is 5.69 Å². The summed E-state index contributed by atoms with van der Waals surface area (Å²) in [6.45, 7) is 1.05. The van der Waals surface area contributed by atoms with Gasteiger partial charge in [-0.05, 0) is 30.3 Å². The van der Waals surface area contributed by atoms with E-state index in [9.17, 15) is 13.2 Å². The highest BCUT2D eigenvalue weighted by Crippen LogP contribution is 2.32. The Bertz CT molecular complexity index is 1020. The van der Waals surface area contributed by atoms with Crippen molar-refractivity contribution in [2.45, 2.75) is 18.6 Å². The lowest BCUT2D eigenvalue weighted by atomic mass is 10.0. The van der Waals surface area contributed by atoms with Gasteiger partial charge in [-0.2, -0.15) is 0 Å². The van der Waals surface area contributed by atoms with E-state index in [1.54, 1.807) is 4.90 Å². The molecule has 2 aromatic rings. The normalized spacial score (nSPS) is 27.6. The highest BCUT2D eigenvalue weighted by molar-refractivity contribution is 7.91. The zero-order valence-corrected chi connectivity index (χ0v) is 16.0. The number of ether oxygens (including phenoxy) is 2. The third-order valence-electron chi connectivity index (χ3n) is 5.73. The number of sulfone groups is 1. The first-order chi connectivity index (χ1) is 13.5. The molecule has 8 heteroatoms. The number of quaternary nitrogens is 1. The van der Waals surface area contributed by atoms with Crippen molar-refractivity contribution in [3.63, 3.8) is 0 Å². The molecule has 3 atom stereocenters. The number of piperazine rings is 1. The van der Waals surface area contributed by atoms with Gasteiger partial charge in [0.1, 0.15) is 24.4 Å². The van der Waals surface area contributed by atoms with E-state index in [1.807, 2.05) is 48.5 Å². The lowest BCUT2D eigenvalue weighted by molar-refractivity contribution is -0.931. The number of fused-ring (bicyclic) bond motifs is 2. The van der Waals surface area contributed by atoms with Crippen LogP contribution in [-0.2, 0) is 21.2 Å². The van der Waals surface area contributed by atoms with E-state index in [2.05, 4.69) is 0 Å². The van der Waals surface area contributed by atoms with Crippen LogP contribution >= 0.6 is 0 Å². The van der Waals surface area contributed by atoms with Gasteiger partial charge in [0.25, 0.3) is 5.91 Å². The van der Waals surface area contributed by atoms with Crippen LogP contribution in [0.2, 0.25) is 0 Å². The maximum atomic E-state index is 13.0. The van der Waals surface area contributed by atoms with E-state index in [0.717, 1.165) is 16.2 Å². The van der Waals surface area contributed by atoms with Gasteiger partial charge in [0.2, 0.25) is 6.79 Å². The first-order valence-corrected chi connectivity index (χ1v) is 11.1. The lowest BCUT2D eigenvalue weighted by Crippen LogP contribution is -3.19. The number of nitrogens with one attached hydrogen (secondary N) is 1. The van der Waals surface area contributed by atoms with Gasteiger partial charge in [0.05, 0.1) is 5.75 Å². The average molecular weight is 401 g/mol. The van der Waals surface area contributed by atoms with Crippen LogP contribution in [0.1, 0.15) is 5.56 Å². The number of nitrogens with zero attached hydrogens (tertiary/aromatic N) is 1. The molecule has 2 fully saturated rings. The molecular formula is C20H21N2O5S+. The van der Waals surface area contributed by atoms with Crippen molar-refractivity contribution < 1.29 is 27.6 Å². The van der Waals surface area contributed by atoms with Gasteiger partial charge in [-0.3, -0.25) is 9.69 Å². The van der Waals surface area contributed by atoms with Gasteiger partial charge in [0.15, 0.2) is 27.9 Å². The second-order valence-electron chi connectivity index (χ2n) is 7.55. The number of benzene rings is 2. The first-order valence-electron chi connectivity index (χ1n) is 9.31. The molecule has 2 aromatic carbocycles. The molecule has 0 aromatic heterocycles. The van der Waals surface area contributed by atoms with Crippen LogP contribution in [0.15, 0.2) is 48.5 Å². The zero-order chi connectivity index (χ0) is 19.3. The minimum Gasteiger partial charge on any atom is -0.454 e. The molecule has 0 spiro atoms. The summed E-state index contributed by atoms with van der Waals surface area (Å²) in [4.78, 5) is 15.7. The van der Waals surface area contributed by atoms with Crippen molar-refractivity contribution in [1.82, 2.24) is 0 Å². The average Bonchev–Trinajstić information content (AvgIpc) is 3.25. The molecule has 5 rings (SSSR count). The molecule has 146 valence electrons. The molecule has 0 saturated carbocycles. The molecule has 0 aliphatic carbocycles. The monoisotopic (exact) mass is 401 g/mol. The highest BCUT2D eigenvalue weighted by Gasteiger charge is 2.52. The van der Waals surface area contributed by atoms with E-state index < -0.39 is 9.84 Å². The largest absolute Gasteiger partial charge is 0.454 e. The minimum atomic E-state index is -3.19. The fourth-order valence-corrected chi connectivity index (χ4v) is 6.54. The smallest absolute Gasteiger partial charge is 0.282 e. The number of anilines is 1. The number of para-hydroxylation sites is 1. The topological polar surface area (TPSA) is 77.3 Å². The van der Waals surface area contributed by atoms with Crippen molar-refractivity contribution in [1.29, 1.82) is 0 Å². The molecule has 1 unspecified atom stereocenters. The summed E-state index contributed by atoms with van der Waals surface area (Å²) in [5.41, 5.74) is 1.77. The molecule has 3 heterocycles. The highest BCUT2D eigenvalue weighted by atomic mass is 32.2. The molecular weight excluding hydrogens is 380 g/mol. The molecule has 0 radical (unpaired) electrons. The van der Waals surface area contributed by atoms with Gasteiger partial charge in [0, 0.05) is 11.3 Å². The molecule has 2 saturated heterocycles. The van der Waals surface area contributed by atoms with Crippen LogP contribution in [0.3, 0.4) is 0 Å². The summed E-state index contributed by atoms with van der Waals surface area (Å²) in [5, 5.41) is 0. The number of carbonyl (C=O) groups excluding carboxylic acids is 1. The van der Waals surface area contributed by atoms with Crippen LogP contribution in [0.25, 0.3) is 0 Å². The Hall–Kier alpha value is -2.58. The van der Waals surface area contributed by atoms with Crippen LogP contribution in [-0.4, -0.2) is 51.3 Å². The number of rotatable bonds is 3. The predicted molar refractivity (Wildman–Crippen MR) is 102 cm³/mol. The van der Waals surface area contributed by atoms with Gasteiger partial charge in [-0.15, -0.1) is 0 Å². The number of amides is 1. The Kier molecular flexibility index (Phi) is 4.06. The minimum absolute atomic E-state index is 0.0168. The Morgan fingerprint density at radius 2 is 1.82 bits per heavy atom. The summed E-state index contributed by atoms with van der Waals surface area (Å²) in [6, 6.07) is 14.6. The second kappa shape index (κ2) is 6.49. The molecule has 1 amide bonds. The standard InChI is InChI=1S/C20H20N2O5S/c23-20-10-21(9-14-6-7-18-19(8-14)27-13-26-18)16-11-28(24,25)12-17(16)22(20)15-4-2-1-3-5-15/h1-8,16-17H,9-13H2/p+1/t16-,17+/m1/s1. The Labute approximate surface area is 163 Å². The maximum absolute atomic E-state index is 13.0. The van der Waals surface area contributed by atoms with Crippen LogP contribution in [0.5, 0.6) is 11.5 Å². The van der Waals surface area contributed by atoms with Crippen molar-refractivity contribution in [2.24, 2.45) is 0 Å².